The van der Waals surface area contributed by atoms with Crippen molar-refractivity contribution in [3.63, 3.8) is 0 Å². The van der Waals surface area contributed by atoms with Crippen molar-refractivity contribution in [1.82, 2.24) is 0 Å². The fourth-order valence-corrected chi connectivity index (χ4v) is 1.44. The van der Waals surface area contributed by atoms with Gasteiger partial charge in [-0.15, -0.1) is 12.4 Å². The molecule has 19 heavy (non-hydrogen) atoms. The number of rotatable bonds is 0. The molecule has 0 spiro atoms. The first-order valence-electron chi connectivity index (χ1n) is 6.13. The van der Waals surface area contributed by atoms with Crippen molar-refractivity contribution in [3.8, 4) is 0 Å². The van der Waals surface area contributed by atoms with Gasteiger partial charge >= 0.3 is 0 Å². The summed E-state index contributed by atoms with van der Waals surface area (Å²) in [5, 5.41) is 0. The molecule has 0 amide bonds. The smallest absolute Gasteiger partial charge is 0.0213 e. The largest absolute Gasteiger partial charge is 0.208 e. The molecule has 0 saturated heterocycles. The standard InChI is InChI=1S/2C7H9.C2H7Si.ClH.Nd/c2*1-6-3-4-7(2)5-6;1-3-2;;/h2*3-5H,1-2H3;3H,1-2H3;1H;/q2*-1;;;. The summed E-state index contributed by atoms with van der Waals surface area (Å²) < 4.78 is 0. The Balaban J connectivity index is -0.000000207. The van der Waals surface area contributed by atoms with Crippen molar-refractivity contribution in [3.05, 3.63) is 58.7 Å². The van der Waals surface area contributed by atoms with E-state index in [1.807, 2.05) is 0 Å². The molecule has 0 N–H and O–H groups in total. The molecule has 0 nitrogen and oxygen atoms in total. The van der Waals surface area contributed by atoms with Gasteiger partial charge in [-0.25, -0.2) is 23.3 Å². The Hall–Kier alpha value is 0.558. The van der Waals surface area contributed by atoms with E-state index in [1.54, 1.807) is 0 Å². The van der Waals surface area contributed by atoms with Crippen LogP contribution in [0.3, 0.4) is 0 Å². The molecule has 3 heteroatoms. The van der Waals surface area contributed by atoms with Crippen LogP contribution in [0.25, 0.3) is 0 Å². The Bertz CT molecular complexity index is 333. The van der Waals surface area contributed by atoms with E-state index in [0.717, 1.165) is 9.52 Å². The third-order valence-corrected chi connectivity index (χ3v) is 2.13. The van der Waals surface area contributed by atoms with Gasteiger partial charge < -0.3 is 0 Å². The van der Waals surface area contributed by atoms with Crippen LogP contribution >= 0.6 is 12.4 Å². The zero-order valence-electron chi connectivity index (χ0n) is 12.9. The third-order valence-electron chi connectivity index (χ3n) is 2.13. The molecule has 0 fully saturated rings. The van der Waals surface area contributed by atoms with Gasteiger partial charge in [0.1, 0.15) is 0 Å². The maximum atomic E-state index is 2.21. The maximum absolute atomic E-state index is 2.21. The van der Waals surface area contributed by atoms with Gasteiger partial charge in [-0.3, -0.25) is 0 Å². The molecular weight excluding hydrogens is 400 g/mol. The third kappa shape index (κ3) is 14.8. The SMILES string of the molecule is C[SiH]C.Cc1c[cH-]c(C)c1.Cc1c[cH-]c(C)c1.Cl.[Nd]. The van der Waals surface area contributed by atoms with Gasteiger partial charge in [-0.05, 0) is 0 Å². The van der Waals surface area contributed by atoms with Gasteiger partial charge in [0.2, 0.25) is 0 Å². The molecule has 0 unspecified atom stereocenters. The number of hydrogen-bond donors (Lipinski definition) is 0. The summed E-state index contributed by atoms with van der Waals surface area (Å²) in [6.07, 6.45) is 0. The van der Waals surface area contributed by atoms with E-state index >= 15 is 0 Å². The molecule has 0 aliphatic carbocycles. The van der Waals surface area contributed by atoms with Crippen molar-refractivity contribution >= 4 is 21.9 Å². The average molecular weight is 426 g/mol. The second kappa shape index (κ2) is 15.0. The second-order valence-electron chi connectivity index (χ2n) is 4.51. The van der Waals surface area contributed by atoms with Crippen LogP contribution in [0.15, 0.2) is 36.4 Å². The fourth-order valence-electron chi connectivity index (χ4n) is 1.44. The van der Waals surface area contributed by atoms with Crippen LogP contribution in [0.4, 0.5) is 0 Å². The van der Waals surface area contributed by atoms with Gasteiger partial charge in [0.15, 0.2) is 0 Å². The van der Waals surface area contributed by atoms with Gasteiger partial charge in [-0.1, -0.05) is 40.8 Å². The van der Waals surface area contributed by atoms with Gasteiger partial charge in [0.05, 0.1) is 0 Å². The predicted molar refractivity (Wildman–Crippen MR) is 89.1 cm³/mol. The number of halogens is 1. The zero-order chi connectivity index (χ0) is 13.3. The monoisotopic (exact) mass is 423 g/mol. The van der Waals surface area contributed by atoms with Crippen LogP contribution in [-0.4, -0.2) is 9.52 Å². The summed E-state index contributed by atoms with van der Waals surface area (Å²) >= 11 is 0. The van der Waals surface area contributed by atoms with Crippen molar-refractivity contribution < 1.29 is 40.8 Å². The van der Waals surface area contributed by atoms with Crippen LogP contribution < -0.4 is 0 Å². The van der Waals surface area contributed by atoms with Crippen LogP contribution in [0.5, 0.6) is 0 Å². The molecule has 0 aliphatic heterocycles. The molecule has 107 valence electrons. The van der Waals surface area contributed by atoms with E-state index in [2.05, 4.69) is 77.2 Å². The second-order valence-corrected chi connectivity index (χ2v) is 5.66. The molecule has 2 aromatic carbocycles. The summed E-state index contributed by atoms with van der Waals surface area (Å²) in [6.45, 7) is 12.8. The Morgan fingerprint density at radius 1 is 0.789 bits per heavy atom. The van der Waals surface area contributed by atoms with Gasteiger partial charge in [0.25, 0.3) is 0 Å². The first-order chi connectivity index (χ1) is 7.99. The molecular formula is C16H26ClNdSi-2. The number of hydrogen-bond acceptors (Lipinski definition) is 0. The first kappa shape index (κ1) is 24.6. The van der Waals surface area contributed by atoms with E-state index in [1.165, 1.54) is 22.3 Å². The van der Waals surface area contributed by atoms with Crippen LogP contribution in [-0.2, 0) is 0 Å². The molecule has 1 radical (unpaired) electrons. The molecule has 0 saturated carbocycles. The quantitative estimate of drug-likeness (QED) is 0.412. The van der Waals surface area contributed by atoms with Crippen LogP contribution in [0, 0.1) is 68.5 Å². The summed E-state index contributed by atoms with van der Waals surface area (Å²) in [7, 11) is 0.750. The summed E-state index contributed by atoms with van der Waals surface area (Å²) in [5.74, 6) is 0. The average Bonchev–Trinajstić information content (AvgIpc) is 2.78. The Kier molecular flexibility index (Phi) is 19.3. The number of aryl methyl sites for hydroxylation is 4. The molecule has 2 aromatic rings. The molecule has 0 bridgehead atoms. The minimum absolute atomic E-state index is 0. The van der Waals surface area contributed by atoms with Crippen LogP contribution in [0.2, 0.25) is 13.1 Å². The Labute approximate surface area is 160 Å². The van der Waals surface area contributed by atoms with Crippen molar-refractivity contribution in [2.45, 2.75) is 40.8 Å². The molecule has 0 heterocycles. The van der Waals surface area contributed by atoms with Gasteiger partial charge in [0, 0.05) is 50.4 Å². The molecule has 0 atom stereocenters. The molecule has 0 aliphatic rings. The summed E-state index contributed by atoms with van der Waals surface area (Å²) in [4.78, 5) is 0. The fraction of sp³-hybridized carbons (Fsp3) is 0.375. The first-order valence-corrected chi connectivity index (χ1v) is 8.44. The summed E-state index contributed by atoms with van der Waals surface area (Å²) in [5.41, 5.74) is 5.44. The van der Waals surface area contributed by atoms with E-state index < -0.39 is 0 Å². The minimum Gasteiger partial charge on any atom is -0.208 e. The van der Waals surface area contributed by atoms with Crippen LogP contribution in [0.1, 0.15) is 22.3 Å². The minimum atomic E-state index is 0. The van der Waals surface area contributed by atoms with E-state index in [9.17, 15) is 0 Å². The topological polar surface area (TPSA) is 0 Å². The van der Waals surface area contributed by atoms with E-state index in [4.69, 9.17) is 0 Å². The zero-order valence-corrected chi connectivity index (χ0v) is 18.1. The van der Waals surface area contributed by atoms with Gasteiger partial charge in [-0.2, -0.15) is 35.4 Å². The summed E-state index contributed by atoms with van der Waals surface area (Å²) in [6, 6.07) is 12.8. The van der Waals surface area contributed by atoms with Crippen molar-refractivity contribution in [2.24, 2.45) is 0 Å². The molecule has 2 rings (SSSR count). The predicted octanol–water partition coefficient (Wildman–Crippen LogP) is 4.99. The van der Waals surface area contributed by atoms with E-state index in [0.29, 0.717) is 0 Å². The van der Waals surface area contributed by atoms with E-state index in [-0.39, 0.29) is 53.2 Å². The van der Waals surface area contributed by atoms with Crippen molar-refractivity contribution in [2.75, 3.05) is 0 Å². The Morgan fingerprint density at radius 3 is 1.11 bits per heavy atom. The maximum Gasteiger partial charge on any atom is 0.0213 e. The molecule has 0 aromatic heterocycles. The normalized spacial score (nSPS) is 7.89. The Morgan fingerprint density at radius 2 is 1.05 bits per heavy atom. The van der Waals surface area contributed by atoms with Crippen molar-refractivity contribution in [1.29, 1.82) is 0 Å².